The standard InChI is InChI=1S/C25H26N6O2S2/c1-12(2)34-23-30-29-22(35-23)31-17-9-24(4,5)10-18(32)19(17)25(15(11-26)20(31)27)14-8-13(3)6-7-16(14)28-21(25)33/h6-8,12H,9-10,27H2,1-5H3,(H,28,33). The number of nitrogens with zero attached hydrogens (tertiary/aromatic N) is 4. The smallest absolute Gasteiger partial charge is 0.245 e. The Bertz CT molecular complexity index is 1400. The molecule has 3 heterocycles. The number of carbonyl (C=O) groups excluding carboxylic acids is 2. The Kier molecular flexibility index (Phi) is 5.34. The van der Waals surface area contributed by atoms with E-state index >= 15 is 0 Å². The van der Waals surface area contributed by atoms with Gasteiger partial charge in [-0.2, -0.15) is 5.26 Å². The van der Waals surface area contributed by atoms with Crippen LogP contribution in [0.2, 0.25) is 0 Å². The van der Waals surface area contributed by atoms with Gasteiger partial charge < -0.3 is 11.1 Å². The quantitative estimate of drug-likeness (QED) is 0.587. The van der Waals surface area contributed by atoms with E-state index in [1.807, 2.05) is 39.0 Å². The molecular weight excluding hydrogens is 480 g/mol. The van der Waals surface area contributed by atoms with Crippen LogP contribution in [0.15, 0.2) is 45.2 Å². The summed E-state index contributed by atoms with van der Waals surface area (Å²) in [6, 6.07) is 7.78. The number of nitrogens with two attached hydrogens (primary N) is 1. The van der Waals surface area contributed by atoms with Crippen LogP contribution in [0.4, 0.5) is 10.8 Å². The highest BCUT2D eigenvalue weighted by Gasteiger charge is 2.61. The summed E-state index contributed by atoms with van der Waals surface area (Å²) >= 11 is 2.94. The van der Waals surface area contributed by atoms with Gasteiger partial charge in [0.15, 0.2) is 10.1 Å². The van der Waals surface area contributed by atoms with E-state index in [1.165, 1.54) is 11.3 Å². The minimum absolute atomic E-state index is 0.0411. The van der Waals surface area contributed by atoms with E-state index < -0.39 is 11.3 Å². The third-order valence-electron chi connectivity index (χ3n) is 6.57. The monoisotopic (exact) mass is 506 g/mol. The molecule has 5 rings (SSSR count). The van der Waals surface area contributed by atoms with Crippen molar-refractivity contribution in [2.24, 2.45) is 11.1 Å². The van der Waals surface area contributed by atoms with E-state index in [0.29, 0.717) is 39.3 Å². The summed E-state index contributed by atoms with van der Waals surface area (Å²) in [5.41, 5.74) is 7.85. The van der Waals surface area contributed by atoms with Gasteiger partial charge in [0.1, 0.15) is 17.3 Å². The van der Waals surface area contributed by atoms with Gasteiger partial charge >= 0.3 is 0 Å². The van der Waals surface area contributed by atoms with Crippen LogP contribution in [0.1, 0.15) is 51.7 Å². The highest BCUT2D eigenvalue weighted by Crippen LogP contribution is 2.57. The van der Waals surface area contributed by atoms with Crippen LogP contribution < -0.4 is 16.0 Å². The number of aromatic nitrogens is 2. The first-order valence-electron chi connectivity index (χ1n) is 11.4. The molecule has 35 heavy (non-hydrogen) atoms. The third kappa shape index (κ3) is 3.40. The van der Waals surface area contributed by atoms with Gasteiger partial charge in [0.25, 0.3) is 0 Å². The highest BCUT2D eigenvalue weighted by atomic mass is 32.2. The Morgan fingerprint density at radius 2 is 2.00 bits per heavy atom. The second-order valence-corrected chi connectivity index (χ2v) is 13.0. The number of anilines is 2. The molecule has 1 aliphatic carbocycles. The molecule has 3 aliphatic rings. The van der Waals surface area contributed by atoms with Crippen LogP contribution >= 0.6 is 23.1 Å². The van der Waals surface area contributed by atoms with Crippen molar-refractivity contribution in [2.75, 3.05) is 10.2 Å². The molecule has 0 bridgehead atoms. The predicted molar refractivity (Wildman–Crippen MR) is 137 cm³/mol. The van der Waals surface area contributed by atoms with E-state index in [-0.39, 0.29) is 29.0 Å². The van der Waals surface area contributed by atoms with E-state index in [0.717, 1.165) is 9.90 Å². The zero-order chi connectivity index (χ0) is 25.3. The highest BCUT2D eigenvalue weighted by molar-refractivity contribution is 8.01. The number of rotatable bonds is 3. The van der Waals surface area contributed by atoms with Gasteiger partial charge in [0, 0.05) is 34.2 Å². The van der Waals surface area contributed by atoms with Crippen molar-refractivity contribution < 1.29 is 9.59 Å². The number of benzene rings is 1. The van der Waals surface area contributed by atoms with Crippen molar-refractivity contribution in [3.05, 3.63) is 52.0 Å². The molecule has 10 heteroatoms. The normalized spacial score (nSPS) is 23.1. The number of amides is 1. The molecule has 2 aromatic rings. The lowest BCUT2D eigenvalue weighted by Crippen LogP contribution is -2.52. The molecule has 2 aliphatic heterocycles. The molecule has 180 valence electrons. The number of thioether (sulfide) groups is 1. The van der Waals surface area contributed by atoms with Crippen LogP contribution in [0.25, 0.3) is 0 Å². The van der Waals surface area contributed by atoms with E-state index in [2.05, 4.69) is 35.4 Å². The Morgan fingerprint density at radius 3 is 2.69 bits per heavy atom. The summed E-state index contributed by atoms with van der Waals surface area (Å²) in [5, 5.41) is 22.8. The Labute approximate surface area is 212 Å². The molecule has 3 N–H and O–H groups in total. The third-order valence-corrected chi connectivity index (χ3v) is 8.57. The number of aryl methyl sites for hydroxylation is 1. The largest absolute Gasteiger partial charge is 0.384 e. The number of carbonyl (C=O) groups is 2. The molecule has 8 nitrogen and oxygen atoms in total. The van der Waals surface area contributed by atoms with Crippen molar-refractivity contribution in [1.82, 2.24) is 10.2 Å². The number of ketones is 1. The maximum Gasteiger partial charge on any atom is 0.245 e. The second-order valence-electron chi connectivity index (χ2n) is 10.2. The number of hydrogen-bond acceptors (Lipinski definition) is 9. The van der Waals surface area contributed by atoms with Crippen molar-refractivity contribution in [3.8, 4) is 6.07 Å². The van der Waals surface area contributed by atoms with Crippen LogP contribution in [-0.4, -0.2) is 27.1 Å². The van der Waals surface area contributed by atoms with Gasteiger partial charge in [-0.15, -0.1) is 10.2 Å². The number of fused-ring (bicyclic) bond motifs is 3. The lowest BCUT2D eigenvalue weighted by molar-refractivity contribution is -0.123. The maximum atomic E-state index is 13.9. The van der Waals surface area contributed by atoms with Crippen molar-refractivity contribution in [3.63, 3.8) is 0 Å². The van der Waals surface area contributed by atoms with Crippen LogP contribution in [0, 0.1) is 23.7 Å². The SMILES string of the molecule is Cc1ccc2c(c1)C1(C(=O)N2)C(C#N)=C(N)N(c2nnc(SC(C)C)s2)C2=C1C(=O)CC(C)(C)C2. The minimum Gasteiger partial charge on any atom is -0.384 e. The molecule has 0 saturated heterocycles. The fourth-order valence-corrected chi connectivity index (χ4v) is 7.40. The molecule has 1 atom stereocenters. The van der Waals surface area contributed by atoms with Crippen LogP contribution in [0.5, 0.6) is 0 Å². The number of hydrogen-bond donors (Lipinski definition) is 2. The second kappa shape index (κ2) is 7.93. The molecule has 1 aromatic heterocycles. The maximum absolute atomic E-state index is 13.9. The van der Waals surface area contributed by atoms with Crippen LogP contribution in [-0.2, 0) is 15.0 Å². The average Bonchev–Trinajstić information content (AvgIpc) is 3.30. The lowest BCUT2D eigenvalue weighted by Gasteiger charge is -2.45. The van der Waals surface area contributed by atoms with Crippen molar-refractivity contribution in [1.29, 1.82) is 5.26 Å². The zero-order valence-electron chi connectivity index (χ0n) is 20.2. The van der Waals surface area contributed by atoms with Gasteiger partial charge in [0.05, 0.1) is 5.57 Å². The summed E-state index contributed by atoms with van der Waals surface area (Å²) in [7, 11) is 0. The molecule has 1 unspecified atom stereocenters. The van der Waals surface area contributed by atoms with E-state index in [4.69, 9.17) is 5.73 Å². The minimum atomic E-state index is -1.58. The van der Waals surface area contributed by atoms with Gasteiger partial charge in [-0.05, 0) is 24.8 Å². The van der Waals surface area contributed by atoms with Crippen molar-refractivity contribution in [2.45, 2.75) is 62.5 Å². The van der Waals surface area contributed by atoms with E-state index in [9.17, 15) is 14.9 Å². The molecule has 1 amide bonds. The lowest BCUT2D eigenvalue weighted by atomic mass is 9.61. The summed E-state index contributed by atoms with van der Waals surface area (Å²) in [6.45, 7) is 10.1. The Hall–Kier alpha value is -3.16. The predicted octanol–water partition coefficient (Wildman–Crippen LogP) is 4.39. The number of nitrogens with one attached hydrogen (secondary N) is 1. The summed E-state index contributed by atoms with van der Waals surface area (Å²) in [5.74, 6) is -0.475. The topological polar surface area (TPSA) is 125 Å². The molecular formula is C25H26N6O2S2. The average molecular weight is 507 g/mol. The van der Waals surface area contributed by atoms with Crippen molar-refractivity contribution >= 4 is 45.6 Å². The first-order chi connectivity index (χ1) is 16.5. The summed E-state index contributed by atoms with van der Waals surface area (Å²) in [6.07, 6.45) is 0.759. The Morgan fingerprint density at radius 1 is 1.26 bits per heavy atom. The molecule has 0 radical (unpaired) electrons. The van der Waals surface area contributed by atoms with Gasteiger partial charge in [-0.3, -0.25) is 14.5 Å². The zero-order valence-corrected chi connectivity index (χ0v) is 21.9. The number of Topliss-reactive ketones (excluding diaryl/α,β-unsaturated/α-hetero) is 1. The molecule has 0 saturated carbocycles. The first kappa shape index (κ1) is 23.6. The number of allylic oxidation sites excluding steroid dienone is 1. The first-order valence-corrected chi connectivity index (χ1v) is 13.1. The number of nitriles is 1. The van der Waals surface area contributed by atoms with Gasteiger partial charge in [-0.25, -0.2) is 0 Å². The molecule has 1 aromatic carbocycles. The summed E-state index contributed by atoms with van der Waals surface area (Å²) < 4.78 is 0.768. The molecule has 1 spiro atoms. The Balaban J connectivity index is 1.83. The fraction of sp³-hybridized carbons (Fsp3) is 0.400. The fourth-order valence-electron chi connectivity index (χ4n) is 5.29. The van der Waals surface area contributed by atoms with Gasteiger partial charge in [-0.1, -0.05) is 68.5 Å². The molecule has 0 fully saturated rings. The summed E-state index contributed by atoms with van der Waals surface area (Å²) in [4.78, 5) is 29.3. The van der Waals surface area contributed by atoms with Gasteiger partial charge in [0.2, 0.25) is 11.0 Å². The van der Waals surface area contributed by atoms with E-state index in [1.54, 1.807) is 16.7 Å². The van der Waals surface area contributed by atoms with Crippen LogP contribution in [0.3, 0.4) is 0 Å².